The van der Waals surface area contributed by atoms with E-state index in [2.05, 4.69) is 47.9 Å². The SMILES string of the molecule is COC(=O)[C@H](CNC(=O)OC(C)(C)C)NC(=O)c1sc(C(=O)NCCc2cccc(O)c2)cc1C.COC(=O)[C@H](CNC(=O)c1cccs1)NC(=O)c1sc(C(=O)NCCc2cccc(O)c2)cc1C.Cc1cc(C(=O)NCCc2cccc(O)c2)sc1C(=O)N[C@@H](CNC(=O)c1cccs1)C(=O)O. The third-order valence-corrected chi connectivity index (χ3v) is 19.8. The van der Waals surface area contributed by atoms with Gasteiger partial charge in [0.15, 0.2) is 0 Å². The summed E-state index contributed by atoms with van der Waals surface area (Å²) < 4.78 is 14.6. The maximum atomic E-state index is 12.9. The van der Waals surface area contributed by atoms with Crippen molar-refractivity contribution in [2.75, 3.05) is 53.5 Å². The minimum absolute atomic E-state index is 0.151. The zero-order valence-corrected chi connectivity index (χ0v) is 61.8. The zero-order chi connectivity index (χ0) is 76.2. The van der Waals surface area contributed by atoms with E-state index in [0.29, 0.717) is 80.0 Å². The largest absolute Gasteiger partial charge is 0.508 e. The molecule has 0 fully saturated rings. The monoisotopic (exact) mass is 1520 g/mol. The van der Waals surface area contributed by atoms with Crippen molar-refractivity contribution >= 4 is 128 Å². The van der Waals surface area contributed by atoms with E-state index in [-0.39, 0.29) is 75.1 Å². The molecular weight excluding hydrogens is 1440 g/mol. The molecule has 0 unspecified atom stereocenters. The summed E-state index contributed by atoms with van der Waals surface area (Å²) in [6, 6.07) is 28.2. The Balaban J connectivity index is 0.000000245. The smallest absolute Gasteiger partial charge is 0.407 e. The number of phenols is 3. The molecule has 8 aromatic rings. The van der Waals surface area contributed by atoms with Gasteiger partial charge in [-0.25, -0.2) is 19.2 Å². The summed E-state index contributed by atoms with van der Waals surface area (Å²) in [4.78, 5) is 151. The van der Waals surface area contributed by atoms with Gasteiger partial charge in [0.1, 0.15) is 41.0 Å². The molecular formula is C71H79N9O19S5. The average Bonchev–Trinajstić information content (AvgIpc) is 1.69. The molecule has 28 nitrogen and oxygen atoms in total. The number of hydrogen-bond acceptors (Lipinski definition) is 23. The molecule has 5 aromatic heterocycles. The number of carboxylic acids is 1. The first-order valence-electron chi connectivity index (χ1n) is 31.8. The quantitative estimate of drug-likeness (QED) is 0.0160. The summed E-state index contributed by atoms with van der Waals surface area (Å²) in [7, 11) is 2.36. The van der Waals surface area contributed by atoms with Crippen LogP contribution in [-0.2, 0) is 47.9 Å². The predicted octanol–water partition coefficient (Wildman–Crippen LogP) is 7.44. The lowest BCUT2D eigenvalue weighted by Crippen LogP contribution is -2.49. The zero-order valence-electron chi connectivity index (χ0n) is 57.7. The van der Waals surface area contributed by atoms with E-state index in [4.69, 9.17) is 14.2 Å². The Morgan fingerprint density at radius 2 is 0.721 bits per heavy atom. The molecule has 0 spiro atoms. The van der Waals surface area contributed by atoms with E-state index < -0.39 is 71.4 Å². The summed E-state index contributed by atoms with van der Waals surface area (Å²) in [5.74, 6) is -5.84. The van der Waals surface area contributed by atoms with Crippen LogP contribution in [0, 0.1) is 20.8 Å². The third kappa shape index (κ3) is 26.4. The average molecular weight is 1520 g/mol. The minimum atomic E-state index is -1.34. The van der Waals surface area contributed by atoms with Crippen LogP contribution in [0.1, 0.15) is 132 Å². The van der Waals surface area contributed by atoms with Crippen molar-refractivity contribution in [2.24, 2.45) is 0 Å². The van der Waals surface area contributed by atoms with Gasteiger partial charge < -0.3 is 82.5 Å². The predicted molar refractivity (Wildman–Crippen MR) is 393 cm³/mol. The van der Waals surface area contributed by atoms with E-state index in [9.17, 15) is 78.0 Å². The molecule has 0 saturated carbocycles. The van der Waals surface area contributed by atoms with Gasteiger partial charge in [0.25, 0.3) is 47.3 Å². The van der Waals surface area contributed by atoms with Gasteiger partial charge in [0.2, 0.25) is 0 Å². The Hall–Kier alpha value is -11.0. The number of carbonyl (C=O) groups excluding carboxylic acids is 11. The number of esters is 2. The summed E-state index contributed by atoms with van der Waals surface area (Å²) in [6.45, 7) is 10.5. The minimum Gasteiger partial charge on any atom is -0.508 e. The van der Waals surface area contributed by atoms with Crippen molar-refractivity contribution in [1.82, 2.24) is 47.9 Å². The first-order valence-corrected chi connectivity index (χ1v) is 36.0. The lowest BCUT2D eigenvalue weighted by Gasteiger charge is -2.21. The summed E-state index contributed by atoms with van der Waals surface area (Å²) in [5, 5.41) is 64.9. The van der Waals surface area contributed by atoms with Crippen molar-refractivity contribution in [2.45, 2.75) is 84.5 Å². The van der Waals surface area contributed by atoms with E-state index in [1.165, 1.54) is 36.9 Å². The molecule has 3 aromatic carbocycles. The number of thiophene rings is 5. The Labute approximate surface area is 617 Å². The lowest BCUT2D eigenvalue weighted by atomic mass is 10.1. The molecule has 9 amide bonds. The van der Waals surface area contributed by atoms with E-state index in [1.54, 1.807) is 149 Å². The van der Waals surface area contributed by atoms with E-state index in [1.807, 2.05) is 18.2 Å². The molecule has 0 aliphatic heterocycles. The fraction of sp³-hybridized carbons (Fsp3) is 0.296. The molecule has 3 atom stereocenters. The van der Waals surface area contributed by atoms with Gasteiger partial charge >= 0.3 is 24.0 Å². The summed E-state index contributed by atoms with van der Waals surface area (Å²) >= 11 is 5.43. The van der Waals surface area contributed by atoms with Crippen LogP contribution in [0.25, 0.3) is 0 Å². The highest BCUT2D eigenvalue weighted by molar-refractivity contribution is 7.17. The fourth-order valence-electron chi connectivity index (χ4n) is 9.24. The second-order valence-electron chi connectivity index (χ2n) is 23.6. The highest BCUT2D eigenvalue weighted by Gasteiger charge is 2.30. The Kier molecular flexibility index (Phi) is 31.5. The van der Waals surface area contributed by atoms with Crippen molar-refractivity contribution in [3.63, 3.8) is 0 Å². The Bertz CT molecular complexity index is 4330. The highest BCUT2D eigenvalue weighted by atomic mass is 32.1. The second kappa shape index (κ2) is 40.0. The number of aryl methyl sites for hydroxylation is 3. The molecule has 0 aliphatic carbocycles. The number of phenolic OH excluding ortho intramolecular Hbond substituents is 3. The molecule has 33 heteroatoms. The number of carboxylic acid groups (broad SMARTS) is 1. The maximum absolute atomic E-state index is 12.9. The van der Waals surface area contributed by atoms with E-state index in [0.717, 1.165) is 50.7 Å². The lowest BCUT2D eigenvalue weighted by molar-refractivity contribution is -0.143. The number of hydrogen-bond donors (Lipinski definition) is 13. The summed E-state index contributed by atoms with van der Waals surface area (Å²) in [5.41, 5.74) is 3.59. The van der Waals surface area contributed by atoms with Gasteiger partial charge in [-0.05, 0) is 172 Å². The number of methoxy groups -OCH3 is 2. The topological polar surface area (TPSA) is 422 Å². The maximum Gasteiger partial charge on any atom is 0.407 e. The van der Waals surface area contributed by atoms with Crippen LogP contribution >= 0.6 is 56.7 Å². The number of aromatic hydroxyl groups is 3. The van der Waals surface area contributed by atoms with Crippen LogP contribution in [0.4, 0.5) is 4.79 Å². The number of carbonyl (C=O) groups is 12. The van der Waals surface area contributed by atoms with Crippen LogP contribution in [0.5, 0.6) is 17.2 Å². The molecule has 13 N–H and O–H groups in total. The van der Waals surface area contributed by atoms with Crippen LogP contribution in [0.3, 0.4) is 0 Å². The van der Waals surface area contributed by atoms with Gasteiger partial charge in [0.05, 0.1) is 59.8 Å². The van der Waals surface area contributed by atoms with Gasteiger partial charge in [-0.15, -0.1) is 56.7 Å². The van der Waals surface area contributed by atoms with Crippen LogP contribution in [0.2, 0.25) is 0 Å². The van der Waals surface area contributed by atoms with Crippen LogP contribution < -0.4 is 47.9 Å². The van der Waals surface area contributed by atoms with Gasteiger partial charge in [-0.3, -0.25) is 38.4 Å². The highest BCUT2D eigenvalue weighted by Crippen LogP contribution is 2.26. The molecule has 552 valence electrons. The first kappa shape index (κ1) is 82.0. The number of aliphatic carboxylic acids is 1. The van der Waals surface area contributed by atoms with Crippen molar-refractivity contribution in [1.29, 1.82) is 0 Å². The van der Waals surface area contributed by atoms with Crippen LogP contribution in [-0.4, -0.2) is 169 Å². The molecule has 0 aliphatic rings. The van der Waals surface area contributed by atoms with Crippen molar-refractivity contribution in [3.05, 3.63) is 198 Å². The number of benzene rings is 3. The van der Waals surface area contributed by atoms with Crippen molar-refractivity contribution < 1.29 is 92.2 Å². The van der Waals surface area contributed by atoms with E-state index >= 15 is 0 Å². The molecule has 104 heavy (non-hydrogen) atoms. The first-order chi connectivity index (χ1) is 49.4. The van der Waals surface area contributed by atoms with Gasteiger partial charge in [-0.2, -0.15) is 0 Å². The second-order valence-corrected chi connectivity index (χ2v) is 28.7. The number of rotatable bonds is 29. The number of nitrogens with one attached hydrogen (secondary N) is 9. The standard InChI is InChI=1S/C24H31N3O7S.C24H25N3O6S2.C23H23N3O6S2/c1-14-11-18(20(29)25-10-9-15-7-6-8-16(28)12-15)35-19(14)21(30)27-17(22(31)33-5)13-26-23(32)34-24(2,3)4;1-14-11-19(22(30)25-9-8-15-5-3-6-16(28)12-15)35-20(14)23(31)27-17(24(32)33-2)13-26-21(29)18-7-4-10-34-18;1-13-10-18(21(29)24-8-7-14-4-2-5-15(27)11-14)34-19(13)22(30)26-16(23(31)32)12-25-20(28)17-6-3-9-33-17/h6-8,11-12,17,28H,9-10,13H2,1-5H3,(H,25,29)(H,26,32)(H,27,30);3-7,10-12,17,28H,8-9,13H2,1-2H3,(H,25,30)(H,26,29)(H,27,31);2-6,9-11,16,27H,7-8,12H2,1H3,(H,24,29)(H,25,28)(H,26,30)(H,31,32)/t2*17-;16-/m000/s1. The molecule has 0 saturated heterocycles. The Morgan fingerprint density at radius 1 is 0.404 bits per heavy atom. The normalized spacial score (nSPS) is 11.5. The van der Waals surface area contributed by atoms with Crippen LogP contribution in [0.15, 0.2) is 126 Å². The number of ether oxygens (including phenoxy) is 3. The molecule has 5 heterocycles. The number of amides is 9. The third-order valence-electron chi connectivity index (χ3n) is 14.3. The van der Waals surface area contributed by atoms with Gasteiger partial charge in [-0.1, -0.05) is 48.5 Å². The molecule has 0 bridgehead atoms. The van der Waals surface area contributed by atoms with Crippen molar-refractivity contribution in [3.8, 4) is 17.2 Å². The number of alkyl carbamates (subject to hydrolysis) is 1. The summed E-state index contributed by atoms with van der Waals surface area (Å²) in [6.07, 6.45) is 0.853. The van der Waals surface area contributed by atoms with Gasteiger partial charge in [0, 0.05) is 32.7 Å². The fourth-order valence-corrected chi connectivity index (χ4v) is 13.5. The Morgan fingerprint density at radius 3 is 1.02 bits per heavy atom. The molecule has 8 rings (SSSR count). The molecule has 0 radical (unpaired) electrons.